The number of aromatic amines is 1. The Morgan fingerprint density at radius 2 is 2.31 bits per heavy atom. The fourth-order valence-electron chi connectivity index (χ4n) is 2.16. The molecule has 4 N–H and O–H groups in total. The molecule has 8 heteroatoms. The van der Waals surface area contributed by atoms with Gasteiger partial charge in [0.15, 0.2) is 5.82 Å². The highest BCUT2D eigenvalue weighted by Gasteiger charge is 2.44. The Hall–Kier alpha value is -0.750. The lowest BCUT2D eigenvalue weighted by atomic mass is 9.84. The monoisotopic (exact) mass is 247 g/mol. The maximum atomic E-state index is 11.2. The van der Waals surface area contributed by atoms with Crippen molar-refractivity contribution in [3.8, 4) is 0 Å². The molecule has 0 saturated heterocycles. The quantitative estimate of drug-likeness (QED) is 0.551. The number of nitrogens with one attached hydrogen (secondary N) is 1. The Kier molecular flexibility index (Phi) is 2.88. The molecule has 7 nitrogen and oxygen atoms in total. The van der Waals surface area contributed by atoms with E-state index in [0.717, 1.165) is 0 Å². The first-order valence-electron chi connectivity index (χ1n) is 5.05. The zero-order valence-electron chi connectivity index (χ0n) is 8.57. The van der Waals surface area contributed by atoms with Gasteiger partial charge in [-0.15, -0.1) is 0 Å². The molecule has 0 aromatic carbocycles. The van der Waals surface area contributed by atoms with Crippen LogP contribution in [0, 0.1) is 0 Å². The first kappa shape index (κ1) is 11.7. The van der Waals surface area contributed by atoms with Gasteiger partial charge in [-0.25, -0.2) is 4.98 Å². The third kappa shape index (κ3) is 2.17. The smallest absolute Gasteiger partial charge is 0.328 e. The minimum absolute atomic E-state index is 0.0203. The van der Waals surface area contributed by atoms with Crippen LogP contribution in [0.25, 0.3) is 0 Å². The van der Waals surface area contributed by atoms with Gasteiger partial charge in [0, 0.05) is 0 Å². The normalized spacial score (nSPS) is 31.6. The van der Waals surface area contributed by atoms with Gasteiger partial charge in [-0.05, 0) is 25.7 Å². The molecule has 0 aliphatic heterocycles. The molecule has 1 fully saturated rings. The molecule has 2 rings (SSSR count). The van der Waals surface area contributed by atoms with E-state index in [0.29, 0.717) is 19.3 Å². The van der Waals surface area contributed by atoms with Gasteiger partial charge in [-0.2, -0.15) is 5.10 Å². The van der Waals surface area contributed by atoms with Crippen LogP contribution < -0.4 is 0 Å². The Bertz CT molecular complexity index is 403. The molecule has 0 radical (unpaired) electrons. The van der Waals surface area contributed by atoms with Crippen molar-refractivity contribution in [2.75, 3.05) is 0 Å². The molecule has 0 bridgehead atoms. The molecule has 90 valence electrons. The zero-order chi connectivity index (χ0) is 11.8. The average Bonchev–Trinajstić information content (AvgIpc) is 2.69. The van der Waals surface area contributed by atoms with Crippen molar-refractivity contribution in [3.63, 3.8) is 0 Å². The summed E-state index contributed by atoms with van der Waals surface area (Å²) >= 11 is 0. The molecule has 1 aromatic rings. The summed E-state index contributed by atoms with van der Waals surface area (Å²) in [7, 11) is -4.14. The molecule has 0 unspecified atom stereocenters. The van der Waals surface area contributed by atoms with Gasteiger partial charge in [0.1, 0.15) is 11.9 Å². The Morgan fingerprint density at radius 1 is 1.56 bits per heavy atom. The maximum absolute atomic E-state index is 11.2. The predicted molar refractivity (Wildman–Crippen MR) is 54.6 cm³/mol. The Labute approximate surface area is 92.1 Å². The fraction of sp³-hybridized carbons (Fsp3) is 0.750. The van der Waals surface area contributed by atoms with Crippen molar-refractivity contribution in [1.29, 1.82) is 0 Å². The van der Waals surface area contributed by atoms with Gasteiger partial charge in [0.25, 0.3) is 0 Å². The summed E-state index contributed by atoms with van der Waals surface area (Å²) in [5, 5.41) is 16.5. The minimum atomic E-state index is -4.14. The van der Waals surface area contributed by atoms with E-state index in [1.165, 1.54) is 6.33 Å². The van der Waals surface area contributed by atoms with Crippen LogP contribution in [0.4, 0.5) is 0 Å². The van der Waals surface area contributed by atoms with Gasteiger partial charge in [-0.3, -0.25) is 9.66 Å². The summed E-state index contributed by atoms with van der Waals surface area (Å²) in [5.41, 5.74) is -2.09. The lowest BCUT2D eigenvalue weighted by Crippen LogP contribution is -2.36. The standard InChI is InChI=1S/C8H14N3O4P/c12-8(7-9-5-10-11-7)3-1-2-6(4-8)16(13,14)15/h5-6,12H,1-4H2,(H,9,10,11)(H2,13,14,15)/t6-,8+/m1/s1. The molecule has 0 spiro atoms. The molecule has 16 heavy (non-hydrogen) atoms. The molecule has 2 atom stereocenters. The van der Waals surface area contributed by atoms with Crippen LogP contribution in [-0.2, 0) is 10.2 Å². The number of hydrogen-bond acceptors (Lipinski definition) is 4. The summed E-state index contributed by atoms with van der Waals surface area (Å²) in [6, 6.07) is 0. The average molecular weight is 247 g/mol. The molecular weight excluding hydrogens is 233 g/mol. The summed E-state index contributed by atoms with van der Waals surface area (Å²) in [5.74, 6) is 0.283. The largest absolute Gasteiger partial charge is 0.382 e. The zero-order valence-corrected chi connectivity index (χ0v) is 9.47. The van der Waals surface area contributed by atoms with Crippen LogP contribution in [0.3, 0.4) is 0 Å². The summed E-state index contributed by atoms with van der Waals surface area (Å²) in [6.07, 6.45) is 2.73. The van der Waals surface area contributed by atoms with E-state index in [4.69, 9.17) is 9.79 Å². The van der Waals surface area contributed by atoms with Gasteiger partial charge in [-0.1, -0.05) is 0 Å². The van der Waals surface area contributed by atoms with E-state index in [-0.39, 0.29) is 12.2 Å². The minimum Gasteiger partial charge on any atom is -0.382 e. The second kappa shape index (κ2) is 3.92. The van der Waals surface area contributed by atoms with Crippen LogP contribution in [-0.4, -0.2) is 35.7 Å². The molecular formula is C8H14N3O4P. The van der Waals surface area contributed by atoms with Crippen LogP contribution in [0.2, 0.25) is 0 Å². The number of nitrogens with zero attached hydrogens (tertiary/aromatic N) is 2. The number of H-pyrrole nitrogens is 1. The third-order valence-electron chi connectivity index (χ3n) is 3.03. The van der Waals surface area contributed by atoms with E-state index in [9.17, 15) is 9.67 Å². The van der Waals surface area contributed by atoms with Gasteiger partial charge >= 0.3 is 7.60 Å². The molecule has 1 aliphatic rings. The van der Waals surface area contributed by atoms with Crippen LogP contribution in [0.1, 0.15) is 31.5 Å². The summed E-state index contributed by atoms with van der Waals surface area (Å²) in [6.45, 7) is 0. The lowest BCUT2D eigenvalue weighted by Gasteiger charge is -2.35. The first-order valence-corrected chi connectivity index (χ1v) is 6.73. The SMILES string of the molecule is O=P(O)(O)[C@@H]1CCC[C@@](O)(c2ncn[nH]2)C1. The van der Waals surface area contributed by atoms with Crippen LogP contribution in [0.5, 0.6) is 0 Å². The van der Waals surface area contributed by atoms with Crippen molar-refractivity contribution in [2.24, 2.45) is 0 Å². The number of hydrogen-bond donors (Lipinski definition) is 4. The molecule has 1 heterocycles. The lowest BCUT2D eigenvalue weighted by molar-refractivity contribution is -0.00963. The number of aromatic nitrogens is 3. The molecule has 1 saturated carbocycles. The van der Waals surface area contributed by atoms with Crippen molar-refractivity contribution in [2.45, 2.75) is 36.9 Å². The summed E-state index contributed by atoms with van der Waals surface area (Å²) in [4.78, 5) is 22.1. The van der Waals surface area contributed by atoms with E-state index in [2.05, 4.69) is 15.2 Å². The first-order chi connectivity index (χ1) is 7.42. The van der Waals surface area contributed by atoms with E-state index >= 15 is 0 Å². The van der Waals surface area contributed by atoms with E-state index in [1.807, 2.05) is 0 Å². The Balaban J connectivity index is 2.21. The van der Waals surface area contributed by atoms with Crippen molar-refractivity contribution < 1.29 is 19.5 Å². The van der Waals surface area contributed by atoms with E-state index in [1.54, 1.807) is 0 Å². The van der Waals surface area contributed by atoms with Crippen LogP contribution >= 0.6 is 7.60 Å². The maximum Gasteiger partial charge on any atom is 0.328 e. The number of aliphatic hydroxyl groups is 1. The molecule has 0 amide bonds. The third-order valence-corrected chi connectivity index (χ3v) is 4.42. The van der Waals surface area contributed by atoms with Gasteiger partial charge in [0.2, 0.25) is 0 Å². The Morgan fingerprint density at radius 3 is 2.88 bits per heavy atom. The highest BCUT2D eigenvalue weighted by atomic mass is 31.2. The van der Waals surface area contributed by atoms with E-state index < -0.39 is 18.9 Å². The predicted octanol–water partition coefficient (Wildman–Crippen LogP) is 0.113. The van der Waals surface area contributed by atoms with Crippen LogP contribution in [0.15, 0.2) is 6.33 Å². The second-order valence-electron chi connectivity index (χ2n) is 4.20. The topological polar surface area (TPSA) is 119 Å². The molecule has 1 aliphatic carbocycles. The van der Waals surface area contributed by atoms with Crippen molar-refractivity contribution in [3.05, 3.63) is 12.2 Å². The number of rotatable bonds is 2. The van der Waals surface area contributed by atoms with Gasteiger partial charge < -0.3 is 14.9 Å². The summed E-state index contributed by atoms with van der Waals surface area (Å²) < 4.78 is 11.2. The van der Waals surface area contributed by atoms with Crippen molar-refractivity contribution >= 4 is 7.60 Å². The highest BCUT2D eigenvalue weighted by molar-refractivity contribution is 7.52. The molecule has 1 aromatic heterocycles. The highest BCUT2D eigenvalue weighted by Crippen LogP contribution is 2.52. The van der Waals surface area contributed by atoms with Crippen molar-refractivity contribution in [1.82, 2.24) is 15.2 Å². The fourth-order valence-corrected chi connectivity index (χ4v) is 3.21. The van der Waals surface area contributed by atoms with Gasteiger partial charge in [0.05, 0.1) is 5.66 Å². The second-order valence-corrected chi connectivity index (χ2v) is 6.11.